The van der Waals surface area contributed by atoms with Gasteiger partial charge in [-0.1, -0.05) is 60.7 Å². The van der Waals surface area contributed by atoms with Gasteiger partial charge in [-0.25, -0.2) is 17.8 Å². The lowest BCUT2D eigenvalue weighted by atomic mass is 10.1. The molecule has 0 spiro atoms. The highest BCUT2D eigenvalue weighted by Gasteiger charge is 2.29. The molecule has 3 aromatic carbocycles. The number of benzene rings is 3. The van der Waals surface area contributed by atoms with Crippen LogP contribution in [0.3, 0.4) is 0 Å². The number of carbonyl (C=O) groups is 1. The van der Waals surface area contributed by atoms with Gasteiger partial charge in [0.15, 0.2) is 0 Å². The number of ether oxygens (including phenoxy) is 1. The number of sulfonamides is 1. The quantitative estimate of drug-likeness (QED) is 0.362. The Kier molecular flexibility index (Phi) is 7.15. The van der Waals surface area contributed by atoms with Crippen molar-refractivity contribution in [1.82, 2.24) is 9.71 Å². The predicted octanol–water partition coefficient (Wildman–Crippen LogP) is 4.11. The molecule has 9 heteroatoms. The van der Waals surface area contributed by atoms with Gasteiger partial charge in [0.1, 0.15) is 35.3 Å². The van der Waals surface area contributed by atoms with E-state index in [9.17, 15) is 17.6 Å². The highest BCUT2D eigenvalue weighted by Crippen LogP contribution is 2.19. The molecular weight excluding hydrogens is 459 g/mol. The minimum absolute atomic E-state index is 0.0153. The molecule has 1 heterocycles. The van der Waals surface area contributed by atoms with Gasteiger partial charge >= 0.3 is 5.97 Å². The van der Waals surface area contributed by atoms with Gasteiger partial charge in [-0.05, 0) is 36.2 Å². The fraction of sp³-hybridized carbons (Fsp3) is 0.120. The minimum Gasteiger partial charge on any atom is -0.458 e. The van der Waals surface area contributed by atoms with Gasteiger partial charge in [0.25, 0.3) is 0 Å². The fourth-order valence-electron chi connectivity index (χ4n) is 3.27. The number of nitrogens with one attached hydrogen (secondary N) is 1. The molecule has 174 valence electrons. The number of nitrogens with zero attached hydrogens (tertiary/aromatic N) is 1. The maximum atomic E-state index is 14.1. The summed E-state index contributed by atoms with van der Waals surface area (Å²) < 4.78 is 52.8. The number of hydrogen-bond donors (Lipinski definition) is 1. The van der Waals surface area contributed by atoms with Crippen LogP contribution in [0.15, 0.2) is 101 Å². The van der Waals surface area contributed by atoms with Crippen LogP contribution in [0.25, 0.3) is 11.5 Å². The molecule has 1 N–H and O–H groups in total. The summed E-state index contributed by atoms with van der Waals surface area (Å²) in [6.45, 7) is -0.220. The van der Waals surface area contributed by atoms with Crippen LogP contribution >= 0.6 is 0 Å². The van der Waals surface area contributed by atoms with Crippen LogP contribution in [-0.4, -0.2) is 25.4 Å². The third kappa shape index (κ3) is 5.75. The first kappa shape index (κ1) is 23.3. The Hall–Kier alpha value is -3.82. The van der Waals surface area contributed by atoms with E-state index in [0.29, 0.717) is 17.1 Å². The number of aromatic nitrogens is 1. The molecule has 0 aliphatic carbocycles. The first-order chi connectivity index (χ1) is 16.4. The van der Waals surface area contributed by atoms with Crippen LogP contribution in [0.1, 0.15) is 11.3 Å². The summed E-state index contributed by atoms with van der Waals surface area (Å²) in [7, 11) is -4.33. The lowest BCUT2D eigenvalue weighted by Gasteiger charge is -2.18. The van der Waals surface area contributed by atoms with E-state index in [2.05, 4.69) is 9.71 Å². The van der Waals surface area contributed by atoms with Gasteiger partial charge < -0.3 is 9.15 Å². The lowest BCUT2D eigenvalue weighted by Crippen LogP contribution is -2.43. The van der Waals surface area contributed by atoms with E-state index in [4.69, 9.17) is 9.15 Å². The molecule has 0 aliphatic heterocycles. The van der Waals surface area contributed by atoms with Crippen LogP contribution in [0.2, 0.25) is 0 Å². The summed E-state index contributed by atoms with van der Waals surface area (Å²) in [6.07, 6.45) is 1.38. The number of halogens is 1. The van der Waals surface area contributed by atoms with E-state index in [1.807, 2.05) is 30.3 Å². The van der Waals surface area contributed by atoms with Gasteiger partial charge in [0, 0.05) is 5.56 Å². The van der Waals surface area contributed by atoms with E-state index in [1.165, 1.54) is 18.4 Å². The van der Waals surface area contributed by atoms with Gasteiger partial charge in [0.2, 0.25) is 15.9 Å². The van der Waals surface area contributed by atoms with Crippen LogP contribution in [0.5, 0.6) is 0 Å². The molecule has 0 saturated heterocycles. The highest BCUT2D eigenvalue weighted by molar-refractivity contribution is 7.89. The molecule has 4 rings (SSSR count). The third-order valence-corrected chi connectivity index (χ3v) is 6.43. The van der Waals surface area contributed by atoms with Crippen molar-refractivity contribution in [3.05, 3.63) is 108 Å². The van der Waals surface area contributed by atoms with Crippen LogP contribution in [0.4, 0.5) is 4.39 Å². The third-order valence-electron chi connectivity index (χ3n) is 4.93. The summed E-state index contributed by atoms with van der Waals surface area (Å²) in [5, 5.41) is 0. The Morgan fingerprint density at radius 3 is 2.32 bits per heavy atom. The Labute approximate surface area is 196 Å². The van der Waals surface area contributed by atoms with Crippen molar-refractivity contribution >= 4 is 16.0 Å². The van der Waals surface area contributed by atoms with Crippen molar-refractivity contribution in [2.75, 3.05) is 0 Å². The number of rotatable bonds is 9. The standard InChI is InChI=1S/C25H21FN2O5S/c26-21-13-7-8-14-23(21)34(30,31)28-22(15-18-9-3-1-4-10-18)25(29)33-17-20-16-32-24(27-20)19-11-5-2-6-12-19/h1-14,16,22,28H,15,17H2/t22-/m0/s1. The smallest absolute Gasteiger partial charge is 0.324 e. The first-order valence-electron chi connectivity index (χ1n) is 10.4. The van der Waals surface area contributed by atoms with Crippen molar-refractivity contribution in [1.29, 1.82) is 0 Å². The zero-order valence-corrected chi connectivity index (χ0v) is 18.7. The summed E-state index contributed by atoms with van der Waals surface area (Å²) in [5.41, 5.74) is 1.83. The van der Waals surface area contributed by atoms with Crippen molar-refractivity contribution in [2.45, 2.75) is 24.0 Å². The maximum Gasteiger partial charge on any atom is 0.324 e. The lowest BCUT2D eigenvalue weighted by molar-refractivity contribution is -0.147. The van der Waals surface area contributed by atoms with Gasteiger partial charge in [-0.2, -0.15) is 4.72 Å². The van der Waals surface area contributed by atoms with Crippen molar-refractivity contribution < 1.29 is 26.8 Å². The van der Waals surface area contributed by atoms with Gasteiger partial charge in [-0.15, -0.1) is 0 Å². The summed E-state index contributed by atoms with van der Waals surface area (Å²) in [5.74, 6) is -1.38. The molecular formula is C25H21FN2O5S. The summed E-state index contributed by atoms with van der Waals surface area (Å²) in [4.78, 5) is 16.6. The van der Waals surface area contributed by atoms with Crippen molar-refractivity contribution in [3.8, 4) is 11.5 Å². The van der Waals surface area contributed by atoms with Crippen LogP contribution in [-0.2, 0) is 32.6 Å². The normalized spacial score (nSPS) is 12.3. The van der Waals surface area contributed by atoms with E-state index in [-0.39, 0.29) is 13.0 Å². The molecule has 0 unspecified atom stereocenters. The zero-order chi connectivity index (χ0) is 24.0. The highest BCUT2D eigenvalue weighted by atomic mass is 32.2. The van der Waals surface area contributed by atoms with E-state index in [0.717, 1.165) is 17.7 Å². The Morgan fingerprint density at radius 2 is 1.62 bits per heavy atom. The minimum atomic E-state index is -4.33. The van der Waals surface area contributed by atoms with E-state index < -0.39 is 32.7 Å². The Morgan fingerprint density at radius 1 is 0.971 bits per heavy atom. The molecule has 4 aromatic rings. The summed E-state index contributed by atoms with van der Waals surface area (Å²) in [6, 6.07) is 21.7. The van der Waals surface area contributed by atoms with E-state index >= 15 is 0 Å². The molecule has 0 aliphatic rings. The molecule has 0 bridgehead atoms. The maximum absolute atomic E-state index is 14.1. The SMILES string of the molecule is O=C(OCc1coc(-c2ccccc2)n1)[C@H](Cc1ccccc1)NS(=O)(=O)c1ccccc1F. The molecule has 1 atom stereocenters. The fourth-order valence-corrected chi connectivity index (χ4v) is 4.53. The van der Waals surface area contributed by atoms with Crippen LogP contribution < -0.4 is 4.72 Å². The molecule has 0 fully saturated rings. The molecule has 0 saturated carbocycles. The molecule has 34 heavy (non-hydrogen) atoms. The van der Waals surface area contributed by atoms with Crippen LogP contribution in [0, 0.1) is 5.82 Å². The second kappa shape index (κ2) is 10.4. The zero-order valence-electron chi connectivity index (χ0n) is 17.9. The predicted molar refractivity (Wildman–Crippen MR) is 122 cm³/mol. The largest absolute Gasteiger partial charge is 0.458 e. The summed E-state index contributed by atoms with van der Waals surface area (Å²) >= 11 is 0. The van der Waals surface area contributed by atoms with Crippen molar-refractivity contribution in [3.63, 3.8) is 0 Å². The monoisotopic (exact) mass is 480 g/mol. The molecule has 0 amide bonds. The van der Waals surface area contributed by atoms with Gasteiger partial charge in [0.05, 0.1) is 0 Å². The van der Waals surface area contributed by atoms with Crippen molar-refractivity contribution in [2.24, 2.45) is 0 Å². The molecule has 0 radical (unpaired) electrons. The number of hydrogen-bond acceptors (Lipinski definition) is 6. The molecule has 7 nitrogen and oxygen atoms in total. The second-order valence-electron chi connectivity index (χ2n) is 7.41. The Bertz CT molecular complexity index is 1360. The number of oxazole rings is 1. The van der Waals surface area contributed by atoms with Gasteiger partial charge in [-0.3, -0.25) is 4.79 Å². The topological polar surface area (TPSA) is 98.5 Å². The Balaban J connectivity index is 1.50. The average molecular weight is 481 g/mol. The number of esters is 1. The van der Waals surface area contributed by atoms with E-state index in [1.54, 1.807) is 30.3 Å². The molecule has 1 aromatic heterocycles. The average Bonchev–Trinajstić information content (AvgIpc) is 3.32. The number of carbonyl (C=O) groups excluding carboxylic acids is 1. The first-order valence-corrected chi connectivity index (χ1v) is 11.9. The second-order valence-corrected chi connectivity index (χ2v) is 9.09.